The van der Waals surface area contributed by atoms with Crippen LogP contribution in [0, 0.1) is 5.82 Å². The van der Waals surface area contributed by atoms with E-state index in [1.807, 2.05) is 4.57 Å². The van der Waals surface area contributed by atoms with Crippen LogP contribution in [-0.4, -0.2) is 27.4 Å². The third kappa shape index (κ3) is 3.19. The molecule has 0 unspecified atom stereocenters. The van der Waals surface area contributed by atoms with Gasteiger partial charge in [-0.1, -0.05) is 18.2 Å². The van der Waals surface area contributed by atoms with E-state index < -0.39 is 0 Å². The maximum atomic E-state index is 13.6. The van der Waals surface area contributed by atoms with E-state index in [4.69, 9.17) is 0 Å². The van der Waals surface area contributed by atoms with Crippen molar-refractivity contribution in [2.75, 3.05) is 7.05 Å². The lowest BCUT2D eigenvalue weighted by Crippen LogP contribution is -2.25. The molecule has 2 rings (SSSR count). The van der Waals surface area contributed by atoms with E-state index in [-0.39, 0.29) is 11.7 Å². The Bertz CT molecular complexity index is 580. The molecule has 1 aromatic carbocycles. The van der Waals surface area contributed by atoms with Gasteiger partial charge in [-0.25, -0.2) is 9.37 Å². The van der Waals surface area contributed by atoms with Gasteiger partial charge in [0, 0.05) is 31.9 Å². The number of amides is 1. The third-order valence-corrected chi connectivity index (χ3v) is 3.02. The number of carbonyl (C=O) groups excluding carboxylic acids is 1. The highest BCUT2D eigenvalue weighted by Gasteiger charge is 2.10. The Labute approximate surface area is 111 Å². The average molecular weight is 261 g/mol. The van der Waals surface area contributed by atoms with E-state index in [0.29, 0.717) is 18.7 Å². The van der Waals surface area contributed by atoms with E-state index >= 15 is 0 Å². The first-order valence-corrected chi connectivity index (χ1v) is 6.03. The molecule has 0 bridgehead atoms. The van der Waals surface area contributed by atoms with Gasteiger partial charge in [0.1, 0.15) is 11.6 Å². The van der Waals surface area contributed by atoms with Gasteiger partial charge < -0.3 is 9.47 Å². The van der Waals surface area contributed by atoms with Crippen LogP contribution >= 0.6 is 0 Å². The third-order valence-electron chi connectivity index (χ3n) is 3.02. The van der Waals surface area contributed by atoms with Crippen LogP contribution in [-0.2, 0) is 17.9 Å². The summed E-state index contributed by atoms with van der Waals surface area (Å²) in [6.07, 6.45) is 3.44. The quantitative estimate of drug-likeness (QED) is 0.844. The molecule has 0 aliphatic carbocycles. The highest BCUT2D eigenvalue weighted by Crippen LogP contribution is 2.11. The molecule has 0 atom stereocenters. The number of hydrogen-bond acceptors (Lipinski definition) is 2. The summed E-state index contributed by atoms with van der Waals surface area (Å²) in [5.74, 6) is 0.475. The van der Waals surface area contributed by atoms with Crippen LogP contribution < -0.4 is 0 Å². The highest BCUT2D eigenvalue weighted by molar-refractivity contribution is 5.72. The normalized spacial score (nSPS) is 10.5. The van der Waals surface area contributed by atoms with Gasteiger partial charge in [-0.2, -0.15) is 0 Å². The zero-order valence-corrected chi connectivity index (χ0v) is 11.0. The van der Waals surface area contributed by atoms with Crippen molar-refractivity contribution in [3.05, 3.63) is 53.9 Å². The SMILES string of the molecule is CC(=O)N(C)Cc1nccn1Cc1ccccc1F. The minimum absolute atomic E-state index is 0.0274. The van der Waals surface area contributed by atoms with Crippen molar-refractivity contribution in [3.8, 4) is 0 Å². The Hall–Kier alpha value is -2.17. The predicted octanol–water partition coefficient (Wildman–Crippen LogP) is 2.05. The summed E-state index contributed by atoms with van der Waals surface area (Å²) in [5, 5.41) is 0. The summed E-state index contributed by atoms with van der Waals surface area (Å²) in [6.45, 7) is 2.33. The number of hydrogen-bond donors (Lipinski definition) is 0. The largest absolute Gasteiger partial charge is 0.339 e. The molecule has 100 valence electrons. The molecule has 1 heterocycles. The average Bonchev–Trinajstić information content (AvgIpc) is 2.79. The van der Waals surface area contributed by atoms with Gasteiger partial charge in [0.2, 0.25) is 5.91 Å². The van der Waals surface area contributed by atoms with Crippen LogP contribution in [0.4, 0.5) is 4.39 Å². The lowest BCUT2D eigenvalue weighted by atomic mass is 10.2. The van der Waals surface area contributed by atoms with Crippen molar-refractivity contribution in [3.63, 3.8) is 0 Å². The van der Waals surface area contributed by atoms with Crippen LogP contribution in [0.25, 0.3) is 0 Å². The minimum atomic E-state index is -0.234. The van der Waals surface area contributed by atoms with Crippen LogP contribution in [0.5, 0.6) is 0 Å². The van der Waals surface area contributed by atoms with Gasteiger partial charge >= 0.3 is 0 Å². The minimum Gasteiger partial charge on any atom is -0.339 e. The number of halogens is 1. The van der Waals surface area contributed by atoms with Gasteiger partial charge in [-0.3, -0.25) is 4.79 Å². The van der Waals surface area contributed by atoms with Crippen LogP contribution in [0.15, 0.2) is 36.7 Å². The zero-order valence-electron chi connectivity index (χ0n) is 11.0. The van der Waals surface area contributed by atoms with Crippen LogP contribution in [0.1, 0.15) is 18.3 Å². The number of benzene rings is 1. The molecule has 5 heteroatoms. The fourth-order valence-corrected chi connectivity index (χ4v) is 1.77. The molecule has 0 fully saturated rings. The summed E-state index contributed by atoms with van der Waals surface area (Å²) >= 11 is 0. The summed E-state index contributed by atoms with van der Waals surface area (Å²) < 4.78 is 15.5. The number of rotatable bonds is 4. The van der Waals surface area contributed by atoms with Crippen molar-refractivity contribution in [2.45, 2.75) is 20.0 Å². The van der Waals surface area contributed by atoms with Gasteiger partial charge in [-0.05, 0) is 6.07 Å². The summed E-state index contributed by atoms with van der Waals surface area (Å²) in [6, 6.07) is 6.65. The Morgan fingerprint density at radius 1 is 1.42 bits per heavy atom. The first-order valence-electron chi connectivity index (χ1n) is 6.03. The molecule has 0 N–H and O–H groups in total. The summed E-state index contributed by atoms with van der Waals surface area (Å²) in [7, 11) is 1.71. The molecule has 0 radical (unpaired) electrons. The molecular weight excluding hydrogens is 245 g/mol. The van der Waals surface area contributed by atoms with E-state index in [9.17, 15) is 9.18 Å². The Kier molecular flexibility index (Phi) is 3.94. The number of aromatic nitrogens is 2. The molecule has 19 heavy (non-hydrogen) atoms. The number of nitrogens with zero attached hydrogens (tertiary/aromatic N) is 3. The molecule has 0 aliphatic rings. The monoisotopic (exact) mass is 261 g/mol. The summed E-state index contributed by atoms with van der Waals surface area (Å²) in [4.78, 5) is 17.0. The molecule has 4 nitrogen and oxygen atoms in total. The topological polar surface area (TPSA) is 38.1 Å². The zero-order chi connectivity index (χ0) is 13.8. The fourth-order valence-electron chi connectivity index (χ4n) is 1.77. The molecule has 0 saturated carbocycles. The van der Waals surface area contributed by atoms with Gasteiger partial charge in [-0.15, -0.1) is 0 Å². The standard InChI is InChI=1S/C14H16FN3O/c1-11(19)17(2)10-14-16-7-8-18(14)9-12-5-3-4-6-13(12)15/h3-8H,9-10H2,1-2H3. The van der Waals surface area contributed by atoms with Crippen LogP contribution in [0.3, 0.4) is 0 Å². The fraction of sp³-hybridized carbons (Fsp3) is 0.286. The first-order chi connectivity index (χ1) is 9.08. The summed E-state index contributed by atoms with van der Waals surface area (Å²) in [5.41, 5.74) is 0.604. The molecule has 1 amide bonds. The highest BCUT2D eigenvalue weighted by atomic mass is 19.1. The van der Waals surface area contributed by atoms with Crippen molar-refractivity contribution < 1.29 is 9.18 Å². The van der Waals surface area contributed by atoms with Gasteiger partial charge in [0.15, 0.2) is 0 Å². The van der Waals surface area contributed by atoms with E-state index in [2.05, 4.69) is 4.98 Å². The Balaban J connectivity index is 2.16. The molecule has 0 spiro atoms. The van der Waals surface area contributed by atoms with Crippen molar-refractivity contribution >= 4 is 5.91 Å². The molecule has 0 saturated heterocycles. The second-order valence-electron chi connectivity index (χ2n) is 4.44. The van der Waals surface area contributed by atoms with Gasteiger partial charge in [0.25, 0.3) is 0 Å². The smallest absolute Gasteiger partial charge is 0.219 e. The van der Waals surface area contributed by atoms with Crippen molar-refractivity contribution in [1.29, 1.82) is 0 Å². The second kappa shape index (κ2) is 5.65. The lowest BCUT2D eigenvalue weighted by molar-refractivity contribution is -0.128. The van der Waals surface area contributed by atoms with Crippen molar-refractivity contribution in [2.24, 2.45) is 0 Å². The number of carbonyl (C=O) groups is 1. The molecular formula is C14H16FN3O. The van der Waals surface area contributed by atoms with E-state index in [1.54, 1.807) is 42.5 Å². The molecule has 2 aromatic rings. The van der Waals surface area contributed by atoms with Crippen molar-refractivity contribution in [1.82, 2.24) is 14.5 Å². The first kappa shape index (κ1) is 13.3. The maximum Gasteiger partial charge on any atom is 0.219 e. The molecule has 0 aliphatic heterocycles. The second-order valence-corrected chi connectivity index (χ2v) is 4.44. The number of imidazole rings is 1. The Morgan fingerprint density at radius 2 is 2.16 bits per heavy atom. The predicted molar refractivity (Wildman–Crippen MR) is 69.9 cm³/mol. The van der Waals surface area contributed by atoms with E-state index in [1.165, 1.54) is 13.0 Å². The molecule has 1 aromatic heterocycles. The Morgan fingerprint density at radius 3 is 2.84 bits per heavy atom. The lowest BCUT2D eigenvalue weighted by Gasteiger charge is -2.15. The van der Waals surface area contributed by atoms with Gasteiger partial charge in [0.05, 0.1) is 13.1 Å². The van der Waals surface area contributed by atoms with Crippen LogP contribution in [0.2, 0.25) is 0 Å². The van der Waals surface area contributed by atoms with E-state index in [0.717, 1.165) is 5.82 Å². The maximum absolute atomic E-state index is 13.6.